The summed E-state index contributed by atoms with van der Waals surface area (Å²) in [6.07, 6.45) is 12.6. The van der Waals surface area contributed by atoms with E-state index in [-0.39, 0.29) is 11.4 Å². The average molecular weight is 456 g/mol. The van der Waals surface area contributed by atoms with Crippen molar-refractivity contribution in [1.29, 1.82) is 0 Å². The minimum atomic E-state index is -1.05. The van der Waals surface area contributed by atoms with Crippen LogP contribution in [0.1, 0.15) is 103 Å². The second-order valence-corrected chi connectivity index (χ2v) is 8.53. The van der Waals surface area contributed by atoms with Gasteiger partial charge in [-0.25, -0.2) is 19.6 Å². The van der Waals surface area contributed by atoms with Crippen molar-refractivity contribution in [1.82, 2.24) is 14.9 Å². The highest BCUT2D eigenvalue weighted by Gasteiger charge is 2.13. The predicted molar refractivity (Wildman–Crippen MR) is 128 cm³/mol. The molecule has 0 atom stereocenters. The van der Waals surface area contributed by atoms with Crippen LogP contribution in [0.2, 0.25) is 0 Å². The Bertz CT molecular complexity index is 813. The fourth-order valence-corrected chi connectivity index (χ4v) is 3.87. The van der Waals surface area contributed by atoms with Crippen LogP contribution >= 0.6 is 0 Å². The zero-order chi connectivity index (χ0) is 23.9. The summed E-state index contributed by atoms with van der Waals surface area (Å²) in [6, 6.07) is 10.0. The number of hydrogen-bond donors (Lipinski definition) is 2. The maximum Gasteiger partial charge on any atom is 0.354 e. The predicted octanol–water partition coefficient (Wildman–Crippen LogP) is 5.80. The molecule has 0 unspecified atom stereocenters. The molecule has 0 bridgehead atoms. The Balaban J connectivity index is 1.89. The van der Waals surface area contributed by atoms with E-state index in [2.05, 4.69) is 21.8 Å². The highest BCUT2D eigenvalue weighted by atomic mass is 16.4. The quantitative estimate of drug-likeness (QED) is 0.291. The van der Waals surface area contributed by atoms with E-state index >= 15 is 0 Å². The van der Waals surface area contributed by atoms with Crippen LogP contribution in [0.5, 0.6) is 0 Å². The summed E-state index contributed by atoms with van der Waals surface area (Å²) >= 11 is 0. The molecule has 0 radical (unpaired) electrons. The monoisotopic (exact) mass is 455 g/mol. The van der Waals surface area contributed by atoms with Crippen LogP contribution < -0.4 is 0 Å². The van der Waals surface area contributed by atoms with Crippen molar-refractivity contribution in [3.05, 3.63) is 59.2 Å². The van der Waals surface area contributed by atoms with Crippen molar-refractivity contribution < 1.29 is 19.8 Å². The maximum absolute atomic E-state index is 11.3. The number of nitrogens with zero attached hydrogens (tertiary/aromatic N) is 3. The lowest BCUT2D eigenvalue weighted by molar-refractivity contribution is 0.0679. The zero-order valence-corrected chi connectivity index (χ0v) is 19.7. The Kier molecular flexibility index (Phi) is 12.1. The van der Waals surface area contributed by atoms with Gasteiger partial charge in [0.25, 0.3) is 0 Å². The molecule has 0 aliphatic carbocycles. The summed E-state index contributed by atoms with van der Waals surface area (Å²) in [4.78, 5) is 33.2. The van der Waals surface area contributed by atoms with E-state index in [0.717, 1.165) is 19.4 Å². The molecule has 0 saturated heterocycles. The van der Waals surface area contributed by atoms with Gasteiger partial charge < -0.3 is 10.2 Å². The molecule has 33 heavy (non-hydrogen) atoms. The largest absolute Gasteiger partial charge is 0.477 e. The summed E-state index contributed by atoms with van der Waals surface area (Å²) < 4.78 is 0. The highest BCUT2D eigenvalue weighted by molar-refractivity contribution is 5.85. The molecule has 0 spiro atoms. The molecule has 0 aliphatic heterocycles. The Morgan fingerprint density at radius 2 is 1.12 bits per heavy atom. The molecule has 2 aromatic rings. The molecule has 2 rings (SSSR count). The number of carboxylic acid groups (broad SMARTS) is 2. The van der Waals surface area contributed by atoms with Gasteiger partial charge in [-0.1, -0.05) is 76.8 Å². The first-order valence-electron chi connectivity index (χ1n) is 12.1. The standard InChI is InChI=1S/C26H37N3O4/c1-2-3-4-5-6-7-8-9-10-11-18-29(19-21-14-12-16-23(27-21)25(30)31)20-22-15-13-17-24(28-22)26(32)33/h12-17H,2-11,18-20H2,1H3,(H,30,31)(H,32,33). The number of rotatable bonds is 17. The van der Waals surface area contributed by atoms with Crippen LogP contribution in [0, 0.1) is 0 Å². The summed E-state index contributed by atoms with van der Waals surface area (Å²) in [6.45, 7) is 4.02. The van der Waals surface area contributed by atoms with Crippen molar-refractivity contribution in [3.8, 4) is 0 Å². The Morgan fingerprint density at radius 3 is 1.55 bits per heavy atom. The molecule has 0 fully saturated rings. The molecule has 0 aromatic carbocycles. The van der Waals surface area contributed by atoms with Crippen molar-refractivity contribution in [3.63, 3.8) is 0 Å². The van der Waals surface area contributed by atoms with Gasteiger partial charge in [-0.2, -0.15) is 0 Å². The summed E-state index contributed by atoms with van der Waals surface area (Å²) in [5, 5.41) is 18.4. The third-order valence-corrected chi connectivity index (χ3v) is 5.65. The van der Waals surface area contributed by atoms with Gasteiger partial charge in [-0.05, 0) is 37.2 Å². The Morgan fingerprint density at radius 1 is 0.697 bits per heavy atom. The van der Waals surface area contributed by atoms with Crippen LogP contribution in [0.15, 0.2) is 36.4 Å². The second kappa shape index (κ2) is 15.1. The fraction of sp³-hybridized carbons (Fsp3) is 0.538. The molecule has 180 valence electrons. The molecule has 2 aromatic heterocycles. The van der Waals surface area contributed by atoms with Crippen LogP contribution in [0.25, 0.3) is 0 Å². The van der Waals surface area contributed by atoms with Gasteiger partial charge >= 0.3 is 11.9 Å². The Labute approximate surface area is 196 Å². The molecule has 2 heterocycles. The first-order chi connectivity index (χ1) is 16.0. The Hall–Kier alpha value is -2.80. The second-order valence-electron chi connectivity index (χ2n) is 8.53. The molecule has 0 amide bonds. The van der Waals surface area contributed by atoms with E-state index in [9.17, 15) is 19.8 Å². The number of hydrogen-bond acceptors (Lipinski definition) is 5. The number of carbonyl (C=O) groups is 2. The van der Waals surface area contributed by atoms with Gasteiger partial charge in [-0.15, -0.1) is 0 Å². The molecular formula is C26H37N3O4. The number of carboxylic acids is 2. The van der Waals surface area contributed by atoms with Crippen molar-refractivity contribution in [2.24, 2.45) is 0 Å². The highest BCUT2D eigenvalue weighted by Crippen LogP contribution is 2.14. The molecule has 0 saturated carbocycles. The SMILES string of the molecule is CCCCCCCCCCCCN(Cc1cccc(C(=O)O)n1)Cc1cccc(C(=O)O)n1. The van der Waals surface area contributed by atoms with Gasteiger partial charge in [0.15, 0.2) is 0 Å². The van der Waals surface area contributed by atoms with E-state index in [1.165, 1.54) is 63.5 Å². The smallest absolute Gasteiger partial charge is 0.354 e. The number of aromatic carboxylic acids is 2. The van der Waals surface area contributed by atoms with E-state index in [0.29, 0.717) is 24.5 Å². The molecule has 7 nitrogen and oxygen atoms in total. The van der Waals surface area contributed by atoms with Crippen LogP contribution in [0.3, 0.4) is 0 Å². The van der Waals surface area contributed by atoms with E-state index in [4.69, 9.17) is 0 Å². The summed E-state index contributed by atoms with van der Waals surface area (Å²) in [5.41, 5.74) is 1.41. The normalized spacial score (nSPS) is 11.1. The lowest BCUT2D eigenvalue weighted by Crippen LogP contribution is -2.25. The molecule has 2 N–H and O–H groups in total. The fourth-order valence-electron chi connectivity index (χ4n) is 3.87. The van der Waals surface area contributed by atoms with E-state index in [1.54, 1.807) is 12.1 Å². The van der Waals surface area contributed by atoms with Crippen LogP contribution in [-0.2, 0) is 13.1 Å². The van der Waals surface area contributed by atoms with Crippen molar-refractivity contribution in [2.45, 2.75) is 84.2 Å². The van der Waals surface area contributed by atoms with E-state index < -0.39 is 11.9 Å². The van der Waals surface area contributed by atoms with E-state index in [1.807, 2.05) is 12.1 Å². The zero-order valence-electron chi connectivity index (χ0n) is 19.7. The first-order valence-corrected chi connectivity index (χ1v) is 12.1. The third-order valence-electron chi connectivity index (χ3n) is 5.65. The third kappa shape index (κ3) is 10.6. The summed E-state index contributed by atoms with van der Waals surface area (Å²) in [5.74, 6) is -2.09. The van der Waals surface area contributed by atoms with Gasteiger partial charge in [0.05, 0.1) is 11.4 Å². The van der Waals surface area contributed by atoms with Crippen molar-refractivity contribution in [2.75, 3.05) is 6.54 Å². The van der Waals surface area contributed by atoms with Gasteiger partial charge in [0, 0.05) is 13.1 Å². The van der Waals surface area contributed by atoms with Gasteiger partial charge in [-0.3, -0.25) is 4.90 Å². The minimum Gasteiger partial charge on any atom is -0.477 e. The minimum absolute atomic E-state index is 0.0254. The molecular weight excluding hydrogens is 418 g/mol. The number of unbranched alkanes of at least 4 members (excludes halogenated alkanes) is 9. The molecule has 7 heteroatoms. The van der Waals surface area contributed by atoms with Gasteiger partial charge in [0.2, 0.25) is 0 Å². The van der Waals surface area contributed by atoms with Gasteiger partial charge in [0.1, 0.15) is 11.4 Å². The topological polar surface area (TPSA) is 104 Å². The average Bonchev–Trinajstić information content (AvgIpc) is 2.80. The van der Waals surface area contributed by atoms with Crippen LogP contribution in [0.4, 0.5) is 0 Å². The first kappa shape index (κ1) is 26.5. The molecule has 0 aliphatic rings. The number of pyridine rings is 2. The summed E-state index contributed by atoms with van der Waals surface area (Å²) in [7, 11) is 0. The van der Waals surface area contributed by atoms with Crippen LogP contribution in [-0.4, -0.2) is 43.6 Å². The maximum atomic E-state index is 11.3. The van der Waals surface area contributed by atoms with Crippen molar-refractivity contribution >= 4 is 11.9 Å². The lowest BCUT2D eigenvalue weighted by atomic mass is 10.1. The lowest BCUT2D eigenvalue weighted by Gasteiger charge is -2.22. The number of aromatic nitrogens is 2.